The highest BCUT2D eigenvalue weighted by molar-refractivity contribution is 6.33. The van der Waals surface area contributed by atoms with Crippen LogP contribution in [0.15, 0.2) is 36.4 Å². The van der Waals surface area contributed by atoms with Gasteiger partial charge in [0.1, 0.15) is 17.3 Å². The fourth-order valence-electron chi connectivity index (χ4n) is 4.95. The van der Waals surface area contributed by atoms with E-state index in [2.05, 4.69) is 0 Å². The lowest BCUT2D eigenvalue weighted by Crippen LogP contribution is -2.32. The molecule has 1 aliphatic rings. The van der Waals surface area contributed by atoms with Crippen molar-refractivity contribution >= 4 is 29.0 Å². The van der Waals surface area contributed by atoms with Gasteiger partial charge in [0.05, 0.1) is 18.6 Å². The lowest BCUT2D eigenvalue weighted by molar-refractivity contribution is -0.131. The van der Waals surface area contributed by atoms with Gasteiger partial charge in [-0.25, -0.2) is 0 Å². The van der Waals surface area contributed by atoms with Crippen LogP contribution < -0.4 is 0 Å². The smallest absolute Gasteiger partial charge is 0.167 e. The van der Waals surface area contributed by atoms with Gasteiger partial charge in [-0.1, -0.05) is 35.9 Å². The molecule has 0 saturated carbocycles. The summed E-state index contributed by atoms with van der Waals surface area (Å²) in [7, 11) is 0. The van der Waals surface area contributed by atoms with Gasteiger partial charge in [-0.2, -0.15) is 0 Å². The molecule has 0 radical (unpaired) electrons. The Kier molecular flexibility index (Phi) is 8.40. The summed E-state index contributed by atoms with van der Waals surface area (Å²) in [6, 6.07) is 10.6. The Hall–Kier alpha value is -2.54. The minimum absolute atomic E-state index is 0.0685. The van der Waals surface area contributed by atoms with E-state index in [-0.39, 0.29) is 60.8 Å². The van der Waals surface area contributed by atoms with Crippen LogP contribution in [0.4, 0.5) is 0 Å². The molecule has 176 valence electrons. The predicted octanol–water partition coefficient (Wildman–Crippen LogP) is 4.00. The van der Waals surface area contributed by atoms with Crippen molar-refractivity contribution in [1.82, 2.24) is 0 Å². The molecule has 0 aromatic heterocycles. The second-order valence-corrected chi connectivity index (χ2v) is 9.21. The molecule has 0 spiro atoms. The van der Waals surface area contributed by atoms with Gasteiger partial charge >= 0.3 is 0 Å². The van der Waals surface area contributed by atoms with Crippen molar-refractivity contribution in [2.24, 2.45) is 17.8 Å². The maximum absolute atomic E-state index is 13.0. The molecular weight excluding hydrogens is 444 g/mol. The van der Waals surface area contributed by atoms with Crippen molar-refractivity contribution in [3.05, 3.63) is 52.5 Å². The summed E-state index contributed by atoms with van der Waals surface area (Å²) < 4.78 is 0. The summed E-state index contributed by atoms with van der Waals surface area (Å²) in [5, 5.41) is 30.4. The summed E-state index contributed by atoms with van der Waals surface area (Å²) >= 11 is 6.41. The molecule has 2 aromatic rings. The van der Waals surface area contributed by atoms with Crippen molar-refractivity contribution in [1.29, 1.82) is 0 Å². The van der Waals surface area contributed by atoms with E-state index in [9.17, 15) is 29.7 Å². The number of hydrogen-bond acceptors (Lipinski definition) is 6. The number of carbonyl (C=O) groups is 3. The van der Waals surface area contributed by atoms with Crippen LogP contribution >= 0.6 is 11.6 Å². The highest BCUT2D eigenvalue weighted by Gasteiger charge is 2.35. The molecule has 0 aliphatic heterocycles. The van der Waals surface area contributed by atoms with Crippen LogP contribution in [-0.2, 0) is 16.0 Å². The van der Waals surface area contributed by atoms with Gasteiger partial charge in [-0.15, -0.1) is 0 Å². The Balaban J connectivity index is 1.94. The van der Waals surface area contributed by atoms with Gasteiger partial charge in [-0.3, -0.25) is 14.4 Å². The summed E-state index contributed by atoms with van der Waals surface area (Å²) in [6.45, 7) is 0.740. The summed E-state index contributed by atoms with van der Waals surface area (Å²) in [6.07, 6.45) is 1.12. The summed E-state index contributed by atoms with van der Waals surface area (Å²) in [5.41, 5.74) is 2.55. The van der Waals surface area contributed by atoms with Crippen LogP contribution in [0.25, 0.3) is 11.1 Å². The zero-order valence-corrected chi connectivity index (χ0v) is 19.3. The fraction of sp³-hybridized carbons (Fsp3) is 0.423. The van der Waals surface area contributed by atoms with Crippen molar-refractivity contribution in [2.45, 2.75) is 39.0 Å². The van der Waals surface area contributed by atoms with Gasteiger partial charge in [0, 0.05) is 29.5 Å². The third-order valence-electron chi connectivity index (χ3n) is 6.44. The fourth-order valence-corrected chi connectivity index (χ4v) is 5.19. The number of aromatic hydroxyl groups is 1. The Bertz CT molecular complexity index is 1050. The van der Waals surface area contributed by atoms with Crippen LogP contribution in [0.2, 0.25) is 5.02 Å². The third kappa shape index (κ3) is 5.69. The number of aliphatic hydroxyl groups excluding tert-OH is 2. The van der Waals surface area contributed by atoms with Crippen LogP contribution in [0.3, 0.4) is 0 Å². The zero-order valence-electron chi connectivity index (χ0n) is 18.6. The first-order chi connectivity index (χ1) is 15.8. The Morgan fingerprint density at radius 2 is 1.82 bits per heavy atom. The normalized spacial score (nSPS) is 17.3. The molecule has 33 heavy (non-hydrogen) atoms. The molecule has 6 nitrogen and oxygen atoms in total. The van der Waals surface area contributed by atoms with E-state index in [0.717, 1.165) is 11.1 Å². The summed E-state index contributed by atoms with van der Waals surface area (Å²) in [5.74, 6) is -2.17. The maximum atomic E-state index is 13.0. The van der Waals surface area contributed by atoms with Crippen molar-refractivity contribution in [3.8, 4) is 16.9 Å². The number of phenols is 1. The number of hydrogen-bond donors (Lipinski definition) is 3. The molecule has 3 N–H and O–H groups in total. The van der Waals surface area contributed by atoms with Gasteiger partial charge in [0.25, 0.3) is 0 Å². The van der Waals surface area contributed by atoms with Crippen molar-refractivity contribution in [2.75, 3.05) is 13.2 Å². The molecule has 0 bridgehead atoms. The zero-order chi connectivity index (χ0) is 24.1. The van der Waals surface area contributed by atoms with E-state index in [1.165, 1.54) is 13.0 Å². The number of halogens is 1. The number of phenolic OH excluding ortho intramolecular Hbond substituents is 1. The molecule has 3 atom stereocenters. The molecule has 0 saturated heterocycles. The number of fused-ring (bicyclic) bond motifs is 1. The monoisotopic (exact) mass is 472 g/mol. The first kappa shape index (κ1) is 25.1. The number of Topliss-reactive ketones (excluding diaryl/α,β-unsaturated/α-hetero) is 3. The molecule has 3 rings (SSSR count). The molecule has 3 unspecified atom stereocenters. The van der Waals surface area contributed by atoms with E-state index in [1.807, 2.05) is 18.2 Å². The van der Waals surface area contributed by atoms with E-state index >= 15 is 0 Å². The van der Waals surface area contributed by atoms with Gasteiger partial charge in [0.15, 0.2) is 5.78 Å². The third-order valence-corrected chi connectivity index (χ3v) is 6.77. The van der Waals surface area contributed by atoms with E-state index in [4.69, 9.17) is 11.6 Å². The molecule has 2 aromatic carbocycles. The van der Waals surface area contributed by atoms with E-state index in [1.54, 1.807) is 12.1 Å². The Morgan fingerprint density at radius 3 is 2.45 bits per heavy atom. The van der Waals surface area contributed by atoms with E-state index in [0.29, 0.717) is 29.0 Å². The van der Waals surface area contributed by atoms with Crippen LogP contribution in [0.5, 0.6) is 5.75 Å². The van der Waals surface area contributed by atoms with Gasteiger partial charge < -0.3 is 15.3 Å². The average molecular weight is 473 g/mol. The standard InChI is InChI=1S/C26H29ClO6/c1-15(30)10-24(32)21(14-29)17(8-9-28)11-16-12-20-18(19-4-2-3-5-22(19)27)6-7-23(31)26(20)25(33)13-16/h2-7,16-17,21,28-29,31H,8-14H2,1H3. The molecule has 0 amide bonds. The number of ketones is 3. The number of benzene rings is 2. The van der Waals surface area contributed by atoms with E-state index < -0.39 is 12.5 Å². The first-order valence-electron chi connectivity index (χ1n) is 11.1. The second-order valence-electron chi connectivity index (χ2n) is 8.81. The minimum Gasteiger partial charge on any atom is -0.507 e. The molecule has 0 fully saturated rings. The molecule has 1 aliphatic carbocycles. The van der Waals surface area contributed by atoms with Crippen LogP contribution in [-0.4, -0.2) is 45.9 Å². The SMILES string of the molecule is CC(=O)CC(=O)C(CO)C(CCO)CC1CC(=O)c2c(O)ccc(-c3ccccc3Cl)c2C1. The number of aliphatic hydroxyl groups is 2. The minimum atomic E-state index is -0.773. The molecule has 0 heterocycles. The lowest BCUT2D eigenvalue weighted by atomic mass is 9.72. The maximum Gasteiger partial charge on any atom is 0.167 e. The Labute approximate surface area is 198 Å². The van der Waals surface area contributed by atoms with Crippen LogP contribution in [0.1, 0.15) is 48.5 Å². The predicted molar refractivity (Wildman–Crippen MR) is 125 cm³/mol. The summed E-state index contributed by atoms with van der Waals surface area (Å²) in [4.78, 5) is 37.0. The lowest BCUT2D eigenvalue weighted by Gasteiger charge is -2.32. The quantitative estimate of drug-likeness (QED) is 0.450. The Morgan fingerprint density at radius 1 is 1.09 bits per heavy atom. The van der Waals surface area contributed by atoms with Gasteiger partial charge in [-0.05, 0) is 61.3 Å². The largest absolute Gasteiger partial charge is 0.507 e. The van der Waals surface area contributed by atoms with Gasteiger partial charge in [0.2, 0.25) is 0 Å². The van der Waals surface area contributed by atoms with Crippen LogP contribution in [0, 0.1) is 17.8 Å². The molecular formula is C26H29ClO6. The average Bonchev–Trinajstić information content (AvgIpc) is 2.74. The number of carbonyl (C=O) groups excluding carboxylic acids is 3. The second kappa shape index (κ2) is 11.1. The first-order valence-corrected chi connectivity index (χ1v) is 11.5. The molecule has 7 heteroatoms. The van der Waals surface area contributed by atoms with Crippen molar-refractivity contribution < 1.29 is 29.7 Å². The topological polar surface area (TPSA) is 112 Å². The highest BCUT2D eigenvalue weighted by atomic mass is 35.5. The number of rotatable bonds is 10. The van der Waals surface area contributed by atoms with Crippen molar-refractivity contribution in [3.63, 3.8) is 0 Å². The highest BCUT2D eigenvalue weighted by Crippen LogP contribution is 2.42.